The van der Waals surface area contributed by atoms with Crippen LogP contribution in [0.15, 0.2) is 18.2 Å². The van der Waals surface area contributed by atoms with Crippen molar-refractivity contribution in [2.24, 2.45) is 0 Å². The van der Waals surface area contributed by atoms with Crippen LogP contribution in [-0.4, -0.2) is 52.1 Å². The van der Waals surface area contributed by atoms with Crippen LogP contribution in [0.1, 0.15) is 47.0 Å². The molecular weight excluding hydrogens is 398 g/mol. The lowest BCUT2D eigenvalue weighted by atomic mass is 10.2. The summed E-state index contributed by atoms with van der Waals surface area (Å²) in [5, 5.41) is 3.75. The molecule has 0 amide bonds. The summed E-state index contributed by atoms with van der Waals surface area (Å²) in [4.78, 5) is 2.28. The molecule has 2 N–H and O–H groups in total. The van der Waals surface area contributed by atoms with Gasteiger partial charge >= 0.3 is 0 Å². The Morgan fingerprint density at radius 3 is 2.39 bits per heavy atom. The van der Waals surface area contributed by atoms with Crippen molar-refractivity contribution in [2.75, 3.05) is 36.4 Å². The number of hydrogen-bond donors (Lipinski definition) is 2. The maximum Gasteiger partial charge on any atom is 0.213 e. The number of nitrogens with zero attached hydrogens (tertiary/aromatic N) is 1. The number of anilines is 2. The molecular formula is C20H34ClN3O3S. The molecule has 8 heteroatoms. The molecule has 1 aromatic rings. The summed E-state index contributed by atoms with van der Waals surface area (Å²) in [7, 11) is -3.15. The first-order valence-corrected chi connectivity index (χ1v) is 12.0. The number of rotatable bonds is 10. The van der Waals surface area contributed by atoms with Crippen LogP contribution in [0.3, 0.4) is 0 Å². The van der Waals surface area contributed by atoms with Gasteiger partial charge in [-0.2, -0.15) is 0 Å². The number of morpholine rings is 1. The molecule has 1 aliphatic rings. The highest BCUT2D eigenvalue weighted by atomic mass is 35.5. The van der Waals surface area contributed by atoms with Gasteiger partial charge in [-0.25, -0.2) is 13.1 Å². The first-order valence-electron chi connectivity index (χ1n) is 10.1. The van der Waals surface area contributed by atoms with E-state index in [-0.39, 0.29) is 17.5 Å². The SMILES string of the molecule is CC1CN(c2ccc(NCCCCCNS(=O)(=O)C(C)C)cc2Cl)CC(C)O1. The third kappa shape index (κ3) is 7.10. The van der Waals surface area contributed by atoms with E-state index < -0.39 is 10.0 Å². The highest BCUT2D eigenvalue weighted by molar-refractivity contribution is 7.90. The lowest BCUT2D eigenvalue weighted by molar-refractivity contribution is -0.00520. The van der Waals surface area contributed by atoms with Gasteiger partial charge in [0, 0.05) is 31.9 Å². The number of ether oxygens (including phenoxy) is 1. The fourth-order valence-electron chi connectivity index (χ4n) is 3.29. The lowest BCUT2D eigenvalue weighted by Crippen LogP contribution is -2.45. The zero-order valence-corrected chi connectivity index (χ0v) is 18.9. The van der Waals surface area contributed by atoms with Gasteiger partial charge < -0.3 is 15.0 Å². The number of sulfonamides is 1. The monoisotopic (exact) mass is 431 g/mol. The van der Waals surface area contributed by atoms with E-state index in [2.05, 4.69) is 40.9 Å². The van der Waals surface area contributed by atoms with Crippen molar-refractivity contribution in [2.45, 2.75) is 64.4 Å². The minimum atomic E-state index is -3.15. The summed E-state index contributed by atoms with van der Waals surface area (Å²) in [5.41, 5.74) is 2.05. The lowest BCUT2D eigenvalue weighted by Gasteiger charge is -2.37. The Morgan fingerprint density at radius 2 is 1.79 bits per heavy atom. The average molecular weight is 432 g/mol. The molecule has 2 rings (SSSR count). The van der Waals surface area contributed by atoms with Crippen molar-refractivity contribution < 1.29 is 13.2 Å². The van der Waals surface area contributed by atoms with E-state index >= 15 is 0 Å². The fourth-order valence-corrected chi connectivity index (χ4v) is 4.35. The number of benzene rings is 1. The highest BCUT2D eigenvalue weighted by Crippen LogP contribution is 2.31. The average Bonchev–Trinajstić information content (AvgIpc) is 2.60. The third-order valence-electron chi connectivity index (χ3n) is 4.81. The van der Waals surface area contributed by atoms with Crippen molar-refractivity contribution >= 4 is 33.0 Å². The molecule has 0 saturated carbocycles. The largest absolute Gasteiger partial charge is 0.385 e. The zero-order chi connectivity index (χ0) is 20.7. The Hall–Kier alpha value is -1.02. The van der Waals surface area contributed by atoms with Gasteiger partial charge in [0.15, 0.2) is 0 Å². The van der Waals surface area contributed by atoms with Crippen LogP contribution in [-0.2, 0) is 14.8 Å². The molecule has 2 atom stereocenters. The summed E-state index contributed by atoms with van der Waals surface area (Å²) in [6, 6.07) is 6.09. The van der Waals surface area contributed by atoms with Crippen LogP contribution >= 0.6 is 11.6 Å². The van der Waals surface area contributed by atoms with Gasteiger partial charge in [-0.3, -0.25) is 0 Å². The standard InChI is InChI=1S/C20H34ClN3O3S/c1-15(2)28(25,26)23-11-7-5-6-10-22-18-8-9-20(19(21)12-18)24-13-16(3)27-17(4)14-24/h8-9,12,15-17,22-23H,5-7,10-11,13-14H2,1-4H3. The normalized spacial score (nSPS) is 20.6. The van der Waals surface area contributed by atoms with Crippen molar-refractivity contribution in [3.63, 3.8) is 0 Å². The Labute approximate surface area is 175 Å². The third-order valence-corrected chi connectivity index (χ3v) is 6.96. The molecule has 1 fully saturated rings. The van der Waals surface area contributed by atoms with Crippen LogP contribution in [0.2, 0.25) is 5.02 Å². The topological polar surface area (TPSA) is 70.7 Å². The predicted molar refractivity (Wildman–Crippen MR) is 118 cm³/mol. The molecule has 0 aromatic heterocycles. The predicted octanol–water partition coefficient (Wildman–Crippen LogP) is 3.86. The minimum absolute atomic E-state index is 0.197. The minimum Gasteiger partial charge on any atom is -0.385 e. The van der Waals surface area contributed by atoms with Gasteiger partial charge in [0.1, 0.15) is 0 Å². The van der Waals surface area contributed by atoms with Crippen molar-refractivity contribution in [1.29, 1.82) is 0 Å². The Balaban J connectivity index is 1.72. The number of halogens is 1. The van der Waals surface area contributed by atoms with E-state index in [4.69, 9.17) is 16.3 Å². The van der Waals surface area contributed by atoms with Gasteiger partial charge in [0.25, 0.3) is 0 Å². The van der Waals surface area contributed by atoms with Crippen molar-refractivity contribution in [1.82, 2.24) is 4.72 Å². The molecule has 1 saturated heterocycles. The quantitative estimate of drug-likeness (QED) is 0.550. The number of unbranched alkanes of at least 4 members (excludes halogenated alkanes) is 2. The van der Waals surface area contributed by atoms with Gasteiger partial charge in [-0.1, -0.05) is 18.0 Å². The Bertz CT molecular complexity index is 717. The van der Waals surface area contributed by atoms with E-state index in [0.717, 1.165) is 55.3 Å². The van der Waals surface area contributed by atoms with Crippen LogP contribution < -0.4 is 14.9 Å². The first kappa shape index (κ1) is 23.3. The fraction of sp³-hybridized carbons (Fsp3) is 0.700. The van der Waals surface area contributed by atoms with E-state index in [0.29, 0.717) is 6.54 Å². The molecule has 0 bridgehead atoms. The summed E-state index contributed by atoms with van der Waals surface area (Å²) >= 11 is 6.52. The molecule has 0 aliphatic carbocycles. The van der Waals surface area contributed by atoms with Gasteiger partial charge in [0.05, 0.1) is 28.2 Å². The molecule has 0 radical (unpaired) electrons. The number of hydrogen-bond acceptors (Lipinski definition) is 5. The molecule has 6 nitrogen and oxygen atoms in total. The van der Waals surface area contributed by atoms with Crippen molar-refractivity contribution in [3.8, 4) is 0 Å². The van der Waals surface area contributed by atoms with E-state index in [1.165, 1.54) is 0 Å². The molecule has 0 spiro atoms. The maximum absolute atomic E-state index is 11.7. The van der Waals surface area contributed by atoms with E-state index in [1.54, 1.807) is 13.8 Å². The van der Waals surface area contributed by atoms with E-state index in [1.807, 2.05) is 6.07 Å². The zero-order valence-electron chi connectivity index (χ0n) is 17.4. The summed E-state index contributed by atoms with van der Waals surface area (Å²) < 4.78 is 31.8. The second-order valence-electron chi connectivity index (χ2n) is 7.80. The highest BCUT2D eigenvalue weighted by Gasteiger charge is 2.23. The van der Waals surface area contributed by atoms with Crippen LogP contribution in [0.4, 0.5) is 11.4 Å². The van der Waals surface area contributed by atoms with Crippen LogP contribution in [0.5, 0.6) is 0 Å². The summed E-state index contributed by atoms with van der Waals surface area (Å²) in [6.07, 6.45) is 3.16. The second kappa shape index (κ2) is 10.7. The molecule has 160 valence electrons. The first-order chi connectivity index (χ1) is 13.2. The second-order valence-corrected chi connectivity index (χ2v) is 10.5. The molecule has 1 aliphatic heterocycles. The number of nitrogens with one attached hydrogen (secondary N) is 2. The van der Waals surface area contributed by atoms with Gasteiger partial charge in [-0.15, -0.1) is 0 Å². The molecule has 1 heterocycles. The van der Waals surface area contributed by atoms with Gasteiger partial charge in [-0.05, 0) is 58.7 Å². The van der Waals surface area contributed by atoms with Crippen LogP contribution in [0, 0.1) is 0 Å². The Kier molecular flexibility index (Phi) is 8.86. The van der Waals surface area contributed by atoms with E-state index in [9.17, 15) is 8.42 Å². The van der Waals surface area contributed by atoms with Crippen molar-refractivity contribution in [3.05, 3.63) is 23.2 Å². The molecule has 28 heavy (non-hydrogen) atoms. The smallest absolute Gasteiger partial charge is 0.213 e. The molecule has 2 unspecified atom stereocenters. The Morgan fingerprint density at radius 1 is 1.14 bits per heavy atom. The van der Waals surface area contributed by atoms with Crippen LogP contribution in [0.25, 0.3) is 0 Å². The molecule has 1 aromatic carbocycles. The van der Waals surface area contributed by atoms with Gasteiger partial charge in [0.2, 0.25) is 10.0 Å². The summed E-state index contributed by atoms with van der Waals surface area (Å²) in [5.74, 6) is 0. The summed E-state index contributed by atoms with van der Waals surface area (Å²) in [6.45, 7) is 10.6. The maximum atomic E-state index is 11.7.